The molecule has 5 nitrogen and oxygen atoms in total. The van der Waals surface area contributed by atoms with Crippen LogP contribution in [0.3, 0.4) is 0 Å². The monoisotopic (exact) mass is 294 g/mol. The SMILES string of the molecule is CCCn1ncnc1CC(N)COc1ccc(Cl)cc1. The van der Waals surface area contributed by atoms with Crippen LogP contribution in [0, 0.1) is 0 Å². The summed E-state index contributed by atoms with van der Waals surface area (Å²) in [6, 6.07) is 7.12. The Labute approximate surface area is 123 Å². The number of hydrogen-bond acceptors (Lipinski definition) is 4. The van der Waals surface area contributed by atoms with Gasteiger partial charge in [-0.2, -0.15) is 5.10 Å². The molecule has 0 radical (unpaired) electrons. The predicted octanol–water partition coefficient (Wildman–Crippen LogP) is 2.29. The minimum absolute atomic E-state index is 0.120. The van der Waals surface area contributed by atoms with Crippen LogP contribution in [0.25, 0.3) is 0 Å². The molecule has 0 saturated heterocycles. The van der Waals surface area contributed by atoms with E-state index in [4.69, 9.17) is 22.1 Å². The molecule has 2 aromatic rings. The molecule has 0 saturated carbocycles. The van der Waals surface area contributed by atoms with E-state index in [1.807, 2.05) is 16.8 Å². The number of benzene rings is 1. The highest BCUT2D eigenvalue weighted by atomic mass is 35.5. The Morgan fingerprint density at radius 2 is 2.10 bits per heavy atom. The van der Waals surface area contributed by atoms with Gasteiger partial charge in [-0.25, -0.2) is 4.98 Å². The minimum Gasteiger partial charge on any atom is -0.492 e. The summed E-state index contributed by atoms with van der Waals surface area (Å²) in [5.74, 6) is 1.67. The van der Waals surface area contributed by atoms with E-state index in [1.165, 1.54) is 0 Å². The predicted molar refractivity (Wildman–Crippen MR) is 78.9 cm³/mol. The Kier molecular flexibility index (Phi) is 5.38. The van der Waals surface area contributed by atoms with E-state index in [9.17, 15) is 0 Å². The highest BCUT2D eigenvalue weighted by Gasteiger charge is 2.10. The van der Waals surface area contributed by atoms with Gasteiger partial charge in [0.2, 0.25) is 0 Å². The zero-order valence-corrected chi connectivity index (χ0v) is 12.3. The molecular formula is C14H19ClN4O. The minimum atomic E-state index is -0.120. The maximum absolute atomic E-state index is 6.08. The Balaban J connectivity index is 1.84. The molecule has 1 aromatic carbocycles. The van der Waals surface area contributed by atoms with Crippen LogP contribution in [0.1, 0.15) is 19.2 Å². The molecule has 0 fully saturated rings. The summed E-state index contributed by atoms with van der Waals surface area (Å²) in [7, 11) is 0. The third kappa shape index (κ3) is 4.21. The normalized spacial score (nSPS) is 12.3. The molecule has 0 aliphatic carbocycles. The van der Waals surface area contributed by atoms with Crippen LogP contribution >= 0.6 is 11.6 Å². The lowest BCUT2D eigenvalue weighted by Crippen LogP contribution is -2.31. The average molecular weight is 295 g/mol. The van der Waals surface area contributed by atoms with E-state index in [0.29, 0.717) is 18.1 Å². The summed E-state index contributed by atoms with van der Waals surface area (Å²) in [4.78, 5) is 4.24. The van der Waals surface area contributed by atoms with Crippen molar-refractivity contribution in [3.8, 4) is 5.75 Å². The van der Waals surface area contributed by atoms with Crippen LogP contribution < -0.4 is 10.5 Å². The van der Waals surface area contributed by atoms with Crippen LogP contribution in [0.5, 0.6) is 5.75 Å². The number of nitrogens with zero attached hydrogens (tertiary/aromatic N) is 3. The molecule has 1 heterocycles. The van der Waals surface area contributed by atoms with Crippen LogP contribution in [0.4, 0.5) is 0 Å². The molecule has 0 aliphatic heterocycles. The summed E-state index contributed by atoms with van der Waals surface area (Å²) in [6.45, 7) is 3.40. The maximum Gasteiger partial charge on any atom is 0.138 e. The topological polar surface area (TPSA) is 66.0 Å². The zero-order valence-electron chi connectivity index (χ0n) is 11.5. The van der Waals surface area contributed by atoms with Crippen LogP contribution in [0.2, 0.25) is 5.02 Å². The Morgan fingerprint density at radius 3 is 2.80 bits per heavy atom. The largest absolute Gasteiger partial charge is 0.492 e. The van der Waals surface area contributed by atoms with Gasteiger partial charge in [0, 0.05) is 24.0 Å². The van der Waals surface area contributed by atoms with E-state index >= 15 is 0 Å². The number of aromatic nitrogens is 3. The van der Waals surface area contributed by atoms with Gasteiger partial charge in [0.1, 0.15) is 24.5 Å². The van der Waals surface area contributed by atoms with E-state index in [2.05, 4.69) is 17.0 Å². The standard InChI is InChI=1S/C14H19ClN4O/c1-2-7-19-14(17-10-18-19)8-12(16)9-20-13-5-3-11(15)4-6-13/h3-6,10,12H,2,7-9,16H2,1H3. The average Bonchev–Trinajstić information content (AvgIpc) is 2.86. The Morgan fingerprint density at radius 1 is 1.35 bits per heavy atom. The maximum atomic E-state index is 6.08. The quantitative estimate of drug-likeness (QED) is 0.851. The van der Waals surface area contributed by atoms with Crippen molar-refractivity contribution >= 4 is 11.6 Å². The van der Waals surface area contributed by atoms with Gasteiger partial charge >= 0.3 is 0 Å². The molecule has 108 valence electrons. The van der Waals surface area contributed by atoms with Crippen molar-refractivity contribution in [1.82, 2.24) is 14.8 Å². The highest BCUT2D eigenvalue weighted by molar-refractivity contribution is 6.30. The molecule has 6 heteroatoms. The van der Waals surface area contributed by atoms with E-state index in [-0.39, 0.29) is 6.04 Å². The van der Waals surface area contributed by atoms with Crippen molar-refractivity contribution in [3.05, 3.63) is 41.4 Å². The van der Waals surface area contributed by atoms with E-state index < -0.39 is 0 Å². The third-order valence-electron chi connectivity index (χ3n) is 2.85. The van der Waals surface area contributed by atoms with Crippen molar-refractivity contribution < 1.29 is 4.74 Å². The first-order valence-corrected chi connectivity index (χ1v) is 7.07. The second kappa shape index (κ2) is 7.26. The van der Waals surface area contributed by atoms with E-state index in [1.54, 1.807) is 18.5 Å². The lowest BCUT2D eigenvalue weighted by atomic mass is 10.2. The molecule has 0 amide bonds. The van der Waals surface area contributed by atoms with Gasteiger partial charge in [0.05, 0.1) is 0 Å². The fourth-order valence-electron chi connectivity index (χ4n) is 1.87. The van der Waals surface area contributed by atoms with Crippen molar-refractivity contribution in [2.75, 3.05) is 6.61 Å². The summed E-state index contributed by atoms with van der Waals surface area (Å²) in [6.07, 6.45) is 3.23. The van der Waals surface area contributed by atoms with Crippen LogP contribution in [-0.2, 0) is 13.0 Å². The molecular weight excluding hydrogens is 276 g/mol. The van der Waals surface area contributed by atoms with Gasteiger partial charge in [-0.3, -0.25) is 4.68 Å². The lowest BCUT2D eigenvalue weighted by molar-refractivity contribution is 0.284. The van der Waals surface area contributed by atoms with Crippen molar-refractivity contribution in [2.24, 2.45) is 5.73 Å². The summed E-state index contributed by atoms with van der Waals surface area (Å²) in [5, 5.41) is 4.87. The number of nitrogens with two attached hydrogens (primary N) is 1. The molecule has 0 bridgehead atoms. The van der Waals surface area contributed by atoms with Crippen LogP contribution in [0.15, 0.2) is 30.6 Å². The number of rotatable bonds is 7. The van der Waals surface area contributed by atoms with Gasteiger partial charge in [-0.05, 0) is 30.7 Å². The lowest BCUT2D eigenvalue weighted by Gasteiger charge is -2.13. The smallest absolute Gasteiger partial charge is 0.138 e. The summed E-state index contributed by atoms with van der Waals surface area (Å²) in [5.41, 5.74) is 6.08. The number of halogens is 1. The second-order valence-electron chi connectivity index (χ2n) is 4.63. The fraction of sp³-hybridized carbons (Fsp3) is 0.429. The van der Waals surface area contributed by atoms with Crippen molar-refractivity contribution in [1.29, 1.82) is 0 Å². The van der Waals surface area contributed by atoms with Gasteiger partial charge < -0.3 is 10.5 Å². The molecule has 1 aromatic heterocycles. The third-order valence-corrected chi connectivity index (χ3v) is 3.11. The molecule has 2 rings (SSSR count). The number of aryl methyl sites for hydroxylation is 1. The van der Waals surface area contributed by atoms with E-state index in [0.717, 1.165) is 24.5 Å². The first-order valence-electron chi connectivity index (χ1n) is 6.69. The van der Waals surface area contributed by atoms with Crippen LogP contribution in [-0.4, -0.2) is 27.4 Å². The van der Waals surface area contributed by atoms with Gasteiger partial charge in [-0.15, -0.1) is 0 Å². The van der Waals surface area contributed by atoms with Gasteiger partial charge in [0.25, 0.3) is 0 Å². The first-order chi connectivity index (χ1) is 9.69. The summed E-state index contributed by atoms with van der Waals surface area (Å²) >= 11 is 5.82. The molecule has 20 heavy (non-hydrogen) atoms. The van der Waals surface area contributed by atoms with Crippen molar-refractivity contribution in [3.63, 3.8) is 0 Å². The Bertz CT molecular complexity index is 526. The second-order valence-corrected chi connectivity index (χ2v) is 5.06. The van der Waals surface area contributed by atoms with Crippen molar-refractivity contribution in [2.45, 2.75) is 32.4 Å². The molecule has 2 N–H and O–H groups in total. The highest BCUT2D eigenvalue weighted by Crippen LogP contribution is 2.15. The Hall–Kier alpha value is -1.59. The van der Waals surface area contributed by atoms with Gasteiger partial charge in [0.15, 0.2) is 0 Å². The molecule has 0 spiro atoms. The number of hydrogen-bond donors (Lipinski definition) is 1. The molecule has 1 atom stereocenters. The first kappa shape index (κ1) is 14.8. The fourth-order valence-corrected chi connectivity index (χ4v) is 2.00. The summed E-state index contributed by atoms with van der Waals surface area (Å²) < 4.78 is 7.52. The molecule has 0 aliphatic rings. The zero-order chi connectivity index (χ0) is 14.4. The van der Waals surface area contributed by atoms with Gasteiger partial charge in [-0.1, -0.05) is 18.5 Å². The number of ether oxygens (including phenoxy) is 1. The molecule has 1 unspecified atom stereocenters.